The van der Waals surface area contributed by atoms with Crippen LogP contribution in [0.3, 0.4) is 0 Å². The van der Waals surface area contributed by atoms with Crippen LogP contribution in [-0.4, -0.2) is 62.7 Å². The Balaban J connectivity index is 2.04. The van der Waals surface area contributed by atoms with Gasteiger partial charge >= 0.3 is 0 Å². The van der Waals surface area contributed by atoms with Crippen molar-refractivity contribution in [1.29, 1.82) is 0 Å². The van der Waals surface area contributed by atoms with Crippen LogP contribution in [0.25, 0.3) is 0 Å². The van der Waals surface area contributed by atoms with E-state index in [2.05, 4.69) is 0 Å². The van der Waals surface area contributed by atoms with E-state index in [1.807, 2.05) is 0 Å². The highest BCUT2D eigenvalue weighted by atomic mass is 35.5. The Kier molecular flexibility index (Phi) is 5.66. The number of piperazine rings is 1. The van der Waals surface area contributed by atoms with Crippen LogP contribution in [0.2, 0.25) is 0 Å². The van der Waals surface area contributed by atoms with Crippen molar-refractivity contribution in [2.75, 3.05) is 39.2 Å². The molecular formula is C14H19ClN2O4S. The summed E-state index contributed by atoms with van der Waals surface area (Å²) in [5, 5.41) is 0. The molecule has 0 N–H and O–H groups in total. The molecular weight excluding hydrogens is 328 g/mol. The van der Waals surface area contributed by atoms with Crippen molar-refractivity contribution in [1.82, 2.24) is 9.21 Å². The van der Waals surface area contributed by atoms with E-state index in [1.165, 1.54) is 23.5 Å². The molecule has 0 atom stereocenters. The maximum absolute atomic E-state index is 12.5. The Morgan fingerprint density at radius 2 is 1.77 bits per heavy atom. The first-order valence-electron chi connectivity index (χ1n) is 6.97. The van der Waals surface area contributed by atoms with Crippen molar-refractivity contribution in [3.63, 3.8) is 0 Å². The van der Waals surface area contributed by atoms with Crippen molar-refractivity contribution < 1.29 is 17.9 Å². The molecule has 1 aliphatic heterocycles. The molecule has 2 rings (SSSR count). The van der Waals surface area contributed by atoms with Crippen LogP contribution in [0.15, 0.2) is 29.2 Å². The molecule has 1 fully saturated rings. The van der Waals surface area contributed by atoms with Crippen LogP contribution in [0.5, 0.6) is 5.75 Å². The number of ether oxygens (including phenoxy) is 1. The molecule has 0 radical (unpaired) electrons. The lowest BCUT2D eigenvalue weighted by molar-refractivity contribution is -0.131. The van der Waals surface area contributed by atoms with Gasteiger partial charge in [0.25, 0.3) is 0 Å². The first kappa shape index (κ1) is 17.1. The summed E-state index contributed by atoms with van der Waals surface area (Å²) in [7, 11) is -2.01. The molecule has 22 heavy (non-hydrogen) atoms. The van der Waals surface area contributed by atoms with Gasteiger partial charge in [-0.1, -0.05) is 0 Å². The van der Waals surface area contributed by atoms with Gasteiger partial charge in [0.1, 0.15) is 5.75 Å². The Morgan fingerprint density at radius 3 is 2.27 bits per heavy atom. The predicted octanol–water partition coefficient (Wildman–Crippen LogP) is 1.16. The fourth-order valence-corrected chi connectivity index (χ4v) is 3.90. The van der Waals surface area contributed by atoms with E-state index < -0.39 is 10.0 Å². The summed E-state index contributed by atoms with van der Waals surface area (Å²) in [4.78, 5) is 13.6. The van der Waals surface area contributed by atoms with Crippen LogP contribution < -0.4 is 4.74 Å². The number of carbonyl (C=O) groups excluding carboxylic acids is 1. The summed E-state index contributed by atoms with van der Waals surface area (Å²) in [6.45, 7) is 1.38. The van der Waals surface area contributed by atoms with E-state index in [4.69, 9.17) is 16.3 Å². The number of amides is 1. The SMILES string of the molecule is COc1ccc(S(=O)(=O)N2CCN(C(=O)CCCl)CC2)cc1. The minimum Gasteiger partial charge on any atom is -0.497 e. The number of rotatable bonds is 5. The molecule has 1 aromatic carbocycles. The number of methoxy groups -OCH3 is 1. The number of hydrogen-bond acceptors (Lipinski definition) is 4. The van der Waals surface area contributed by atoms with E-state index in [0.717, 1.165) is 0 Å². The smallest absolute Gasteiger partial charge is 0.243 e. The molecule has 1 aliphatic rings. The van der Waals surface area contributed by atoms with Gasteiger partial charge in [-0.2, -0.15) is 4.31 Å². The highest BCUT2D eigenvalue weighted by molar-refractivity contribution is 7.89. The molecule has 0 aromatic heterocycles. The molecule has 0 unspecified atom stereocenters. The Bertz CT molecular complexity index is 610. The molecule has 1 heterocycles. The van der Waals surface area contributed by atoms with Crippen LogP contribution in [-0.2, 0) is 14.8 Å². The van der Waals surface area contributed by atoms with Gasteiger partial charge in [-0.25, -0.2) is 8.42 Å². The minimum absolute atomic E-state index is 0.0310. The topological polar surface area (TPSA) is 66.9 Å². The molecule has 1 amide bonds. The normalized spacial score (nSPS) is 16.5. The second kappa shape index (κ2) is 7.30. The van der Waals surface area contributed by atoms with Crippen LogP contribution in [0.4, 0.5) is 0 Å². The average molecular weight is 347 g/mol. The van der Waals surface area contributed by atoms with E-state index >= 15 is 0 Å². The van der Waals surface area contributed by atoms with Crippen LogP contribution >= 0.6 is 11.6 Å². The maximum Gasteiger partial charge on any atom is 0.243 e. The second-order valence-corrected chi connectivity index (χ2v) is 7.22. The average Bonchev–Trinajstić information content (AvgIpc) is 2.55. The predicted molar refractivity (Wildman–Crippen MR) is 83.7 cm³/mol. The molecule has 0 saturated carbocycles. The van der Waals surface area contributed by atoms with E-state index in [-0.39, 0.29) is 23.1 Å². The van der Waals surface area contributed by atoms with Gasteiger partial charge in [-0.15, -0.1) is 11.6 Å². The number of nitrogens with zero attached hydrogens (tertiary/aromatic N) is 2. The maximum atomic E-state index is 12.5. The van der Waals surface area contributed by atoms with Crippen LogP contribution in [0.1, 0.15) is 6.42 Å². The first-order valence-corrected chi connectivity index (χ1v) is 8.94. The summed E-state index contributed by atoms with van der Waals surface area (Å²) in [6.07, 6.45) is 0.285. The zero-order valence-electron chi connectivity index (χ0n) is 12.4. The Labute approximate surface area is 135 Å². The molecule has 0 bridgehead atoms. The third-order valence-electron chi connectivity index (χ3n) is 3.60. The summed E-state index contributed by atoms with van der Waals surface area (Å²) in [5.41, 5.74) is 0. The number of halogens is 1. The van der Waals surface area contributed by atoms with E-state index in [9.17, 15) is 13.2 Å². The molecule has 8 heteroatoms. The summed E-state index contributed by atoms with van der Waals surface area (Å²) >= 11 is 5.56. The van der Waals surface area contributed by atoms with Crippen molar-refractivity contribution >= 4 is 27.5 Å². The molecule has 1 saturated heterocycles. The van der Waals surface area contributed by atoms with Gasteiger partial charge in [0.2, 0.25) is 15.9 Å². The van der Waals surface area contributed by atoms with Gasteiger partial charge in [0.05, 0.1) is 12.0 Å². The van der Waals surface area contributed by atoms with Crippen molar-refractivity contribution in [3.05, 3.63) is 24.3 Å². The minimum atomic E-state index is -3.53. The number of benzene rings is 1. The van der Waals surface area contributed by atoms with E-state index in [1.54, 1.807) is 17.0 Å². The van der Waals surface area contributed by atoms with Gasteiger partial charge in [0, 0.05) is 38.5 Å². The van der Waals surface area contributed by atoms with Gasteiger partial charge < -0.3 is 9.64 Å². The molecule has 6 nitrogen and oxygen atoms in total. The lowest BCUT2D eigenvalue weighted by Gasteiger charge is -2.34. The Morgan fingerprint density at radius 1 is 1.18 bits per heavy atom. The fourth-order valence-electron chi connectivity index (χ4n) is 2.31. The first-order chi connectivity index (χ1) is 10.5. The molecule has 0 aliphatic carbocycles. The Hall–Kier alpha value is -1.31. The zero-order valence-corrected chi connectivity index (χ0v) is 13.9. The molecule has 0 spiro atoms. The highest BCUT2D eigenvalue weighted by Gasteiger charge is 2.29. The third kappa shape index (κ3) is 3.71. The standard InChI is InChI=1S/C14H19ClN2O4S/c1-21-12-2-4-13(5-3-12)22(19,20)17-10-8-16(9-11-17)14(18)6-7-15/h2-5H,6-11H2,1H3. The number of carbonyl (C=O) groups is 1. The monoisotopic (exact) mass is 346 g/mol. The van der Waals surface area contributed by atoms with Gasteiger partial charge in [-0.3, -0.25) is 4.79 Å². The highest BCUT2D eigenvalue weighted by Crippen LogP contribution is 2.20. The number of alkyl halides is 1. The van der Waals surface area contributed by atoms with Crippen LogP contribution in [0, 0.1) is 0 Å². The third-order valence-corrected chi connectivity index (χ3v) is 5.70. The van der Waals surface area contributed by atoms with Crippen molar-refractivity contribution in [2.24, 2.45) is 0 Å². The molecule has 1 aromatic rings. The summed E-state index contributed by atoms with van der Waals surface area (Å²) in [6, 6.07) is 6.29. The zero-order chi connectivity index (χ0) is 16.2. The largest absolute Gasteiger partial charge is 0.497 e. The van der Waals surface area contributed by atoms with Crippen molar-refractivity contribution in [2.45, 2.75) is 11.3 Å². The van der Waals surface area contributed by atoms with E-state index in [0.29, 0.717) is 31.9 Å². The number of hydrogen-bond donors (Lipinski definition) is 0. The lowest BCUT2D eigenvalue weighted by Crippen LogP contribution is -2.50. The summed E-state index contributed by atoms with van der Waals surface area (Å²) < 4.78 is 31.5. The van der Waals surface area contributed by atoms with Crippen molar-refractivity contribution in [3.8, 4) is 5.75 Å². The quantitative estimate of drug-likeness (QED) is 0.750. The lowest BCUT2D eigenvalue weighted by atomic mass is 10.3. The number of sulfonamides is 1. The van der Waals surface area contributed by atoms with Gasteiger partial charge in [-0.05, 0) is 24.3 Å². The molecule has 122 valence electrons. The van der Waals surface area contributed by atoms with Gasteiger partial charge in [0.15, 0.2) is 0 Å². The second-order valence-electron chi connectivity index (χ2n) is 4.90. The fraction of sp³-hybridized carbons (Fsp3) is 0.500. The summed E-state index contributed by atoms with van der Waals surface area (Å²) in [5.74, 6) is 0.857.